The van der Waals surface area contributed by atoms with Gasteiger partial charge in [-0.3, -0.25) is 37.3 Å². The highest BCUT2D eigenvalue weighted by Crippen LogP contribution is 2.45. The minimum absolute atomic E-state index is 0.101. The van der Waals surface area contributed by atoms with Gasteiger partial charge >= 0.3 is 39.5 Å². The van der Waals surface area contributed by atoms with E-state index in [1.807, 2.05) is 0 Å². The number of phosphoric ester groups is 2. The van der Waals surface area contributed by atoms with Crippen molar-refractivity contribution < 1.29 is 80.2 Å². The Bertz CT molecular complexity index is 1910. The molecule has 3 N–H and O–H groups in total. The van der Waals surface area contributed by atoms with Gasteiger partial charge in [0, 0.05) is 25.7 Å². The third-order valence-electron chi connectivity index (χ3n) is 16.8. The predicted octanol–water partition coefficient (Wildman–Crippen LogP) is 21.5. The van der Waals surface area contributed by atoms with Crippen LogP contribution in [-0.4, -0.2) is 96.7 Å². The van der Waals surface area contributed by atoms with Gasteiger partial charge in [-0.05, 0) is 63.2 Å². The van der Waals surface area contributed by atoms with Gasteiger partial charge in [0.05, 0.1) is 26.4 Å². The maximum absolute atomic E-state index is 13.1. The standard InChI is InChI=1S/C75H142O17P2/c1-7-9-11-13-15-17-18-19-21-25-28-34-40-46-52-58-73(78)86-64-71(92-74(79)59-53-47-41-35-29-26-23-20-22-24-27-32-37-43-49-55-67(3)4)66-90-94(83,84)88-62-69(76)61-87-93(81,82)89-65-70(63-85-72(77)57-51-45-39-16-14-12-10-8-2)91-75(80)60-54-48-42-36-31-30-33-38-44-50-56-68(5)6/h17-19,21,67-71,76H,7-16,20,22-66H2,1-6H3,(H,81,82)(H,83,84)/b18-17-,21-19-/t69-,70+,71+/m0/s1. The molecule has 0 spiro atoms. The summed E-state index contributed by atoms with van der Waals surface area (Å²) in [6, 6.07) is 0. The summed E-state index contributed by atoms with van der Waals surface area (Å²) in [7, 11) is -9.92. The predicted molar refractivity (Wildman–Crippen MR) is 381 cm³/mol. The largest absolute Gasteiger partial charge is 0.472 e. The Morgan fingerprint density at radius 3 is 0.872 bits per heavy atom. The second-order valence-electron chi connectivity index (χ2n) is 27.3. The van der Waals surface area contributed by atoms with Crippen LogP contribution in [-0.2, 0) is 65.4 Å². The first-order chi connectivity index (χ1) is 45.4. The van der Waals surface area contributed by atoms with Crippen LogP contribution in [0.3, 0.4) is 0 Å². The number of aliphatic hydroxyl groups is 1. The van der Waals surface area contributed by atoms with Crippen LogP contribution in [0, 0.1) is 11.8 Å². The van der Waals surface area contributed by atoms with E-state index in [0.29, 0.717) is 25.7 Å². The molecule has 94 heavy (non-hydrogen) atoms. The molecule has 17 nitrogen and oxygen atoms in total. The Kier molecular flexibility index (Phi) is 64.7. The number of phosphoric acid groups is 2. The minimum Gasteiger partial charge on any atom is -0.462 e. The zero-order valence-electron chi connectivity index (χ0n) is 60.7. The molecule has 0 amide bonds. The van der Waals surface area contributed by atoms with E-state index in [1.165, 1.54) is 154 Å². The summed E-state index contributed by atoms with van der Waals surface area (Å²) in [6.07, 6.45) is 56.3. The third-order valence-corrected chi connectivity index (χ3v) is 18.7. The molecule has 0 radical (unpaired) electrons. The highest BCUT2D eigenvalue weighted by Gasteiger charge is 2.30. The lowest BCUT2D eigenvalue weighted by molar-refractivity contribution is -0.161. The van der Waals surface area contributed by atoms with Crippen LogP contribution >= 0.6 is 15.6 Å². The molecule has 2 unspecified atom stereocenters. The van der Waals surface area contributed by atoms with Crippen molar-refractivity contribution in [2.45, 2.75) is 381 Å². The average molecular weight is 1380 g/mol. The first kappa shape index (κ1) is 91.5. The summed E-state index contributed by atoms with van der Waals surface area (Å²) in [5.41, 5.74) is 0. The van der Waals surface area contributed by atoms with E-state index in [-0.39, 0.29) is 25.7 Å². The molecule has 0 aliphatic heterocycles. The lowest BCUT2D eigenvalue weighted by atomic mass is 10.0. The molecule has 0 saturated heterocycles. The fraction of sp³-hybridized carbons (Fsp3) is 0.893. The van der Waals surface area contributed by atoms with Crippen LogP contribution in [0.25, 0.3) is 0 Å². The van der Waals surface area contributed by atoms with Crippen molar-refractivity contribution in [3.05, 3.63) is 24.3 Å². The number of rotatable bonds is 72. The van der Waals surface area contributed by atoms with Gasteiger partial charge in [0.25, 0.3) is 0 Å². The monoisotopic (exact) mass is 1380 g/mol. The van der Waals surface area contributed by atoms with E-state index in [9.17, 15) is 43.2 Å². The maximum Gasteiger partial charge on any atom is 0.472 e. The first-order valence-electron chi connectivity index (χ1n) is 38.3. The Hall–Kier alpha value is -2.46. The van der Waals surface area contributed by atoms with Crippen LogP contribution in [0.1, 0.15) is 363 Å². The molecule has 0 heterocycles. The van der Waals surface area contributed by atoms with E-state index in [0.717, 1.165) is 127 Å². The molecule has 0 rings (SSSR count). The number of unbranched alkanes of at least 4 members (excludes halogenated alkanes) is 39. The Balaban J connectivity index is 5.25. The van der Waals surface area contributed by atoms with E-state index in [2.05, 4.69) is 65.8 Å². The third kappa shape index (κ3) is 68.1. The second-order valence-corrected chi connectivity index (χ2v) is 30.2. The van der Waals surface area contributed by atoms with Gasteiger partial charge in [-0.25, -0.2) is 9.13 Å². The van der Waals surface area contributed by atoms with Crippen molar-refractivity contribution >= 4 is 39.5 Å². The van der Waals surface area contributed by atoms with Crippen molar-refractivity contribution in [1.29, 1.82) is 0 Å². The number of hydrogen-bond acceptors (Lipinski definition) is 15. The molecule has 0 aromatic heterocycles. The average Bonchev–Trinajstić information content (AvgIpc) is 1.51. The maximum atomic E-state index is 13.1. The van der Waals surface area contributed by atoms with Gasteiger partial charge < -0.3 is 33.8 Å². The van der Waals surface area contributed by atoms with Gasteiger partial charge in [0.2, 0.25) is 0 Å². The van der Waals surface area contributed by atoms with Crippen molar-refractivity contribution in [3.8, 4) is 0 Å². The number of allylic oxidation sites excluding steroid dienone is 4. The molecule has 0 aliphatic rings. The lowest BCUT2D eigenvalue weighted by Crippen LogP contribution is -2.30. The smallest absolute Gasteiger partial charge is 0.462 e. The SMILES string of the molecule is CCCCCC/C=C\C=C/CCCCCCCC(=O)OC[C@H](COP(=O)(O)OC[C@@H](O)COP(=O)(O)OC[C@@H](COC(=O)CCCCCCCCCC)OC(=O)CCCCCCCCCCCCC(C)C)OC(=O)CCCCCCCCCCCCCCCCCC(C)C. The Morgan fingerprint density at radius 1 is 0.330 bits per heavy atom. The Labute approximate surface area is 573 Å². The molecule has 0 aromatic carbocycles. The summed E-state index contributed by atoms with van der Waals surface area (Å²) in [5.74, 6) is -0.599. The number of carbonyl (C=O) groups is 4. The summed E-state index contributed by atoms with van der Waals surface area (Å²) >= 11 is 0. The van der Waals surface area contributed by atoms with E-state index < -0.39 is 97.5 Å². The fourth-order valence-electron chi connectivity index (χ4n) is 10.9. The molecule has 0 aliphatic carbocycles. The minimum atomic E-state index is -4.96. The summed E-state index contributed by atoms with van der Waals surface area (Å²) in [4.78, 5) is 72.7. The van der Waals surface area contributed by atoms with Gasteiger partial charge in [0.15, 0.2) is 12.2 Å². The van der Waals surface area contributed by atoms with Crippen LogP contribution in [0.15, 0.2) is 24.3 Å². The lowest BCUT2D eigenvalue weighted by Gasteiger charge is -2.21. The molecule has 0 fully saturated rings. The molecule has 19 heteroatoms. The zero-order chi connectivity index (χ0) is 69.3. The number of carbonyl (C=O) groups excluding carboxylic acids is 4. The number of esters is 4. The quantitative estimate of drug-likeness (QED) is 0.0169. The highest BCUT2D eigenvalue weighted by molar-refractivity contribution is 7.47. The van der Waals surface area contributed by atoms with Crippen molar-refractivity contribution in [1.82, 2.24) is 0 Å². The van der Waals surface area contributed by atoms with E-state index in [1.54, 1.807) is 0 Å². The number of hydrogen-bond donors (Lipinski definition) is 3. The van der Waals surface area contributed by atoms with Crippen molar-refractivity contribution in [2.24, 2.45) is 11.8 Å². The topological polar surface area (TPSA) is 237 Å². The summed E-state index contributed by atoms with van der Waals surface area (Å²) in [5, 5.41) is 10.6. The Morgan fingerprint density at radius 2 is 0.574 bits per heavy atom. The number of aliphatic hydroxyl groups excluding tert-OH is 1. The van der Waals surface area contributed by atoms with Gasteiger partial charge in [-0.15, -0.1) is 0 Å². The second kappa shape index (κ2) is 66.4. The van der Waals surface area contributed by atoms with Gasteiger partial charge in [-0.2, -0.15) is 0 Å². The first-order valence-corrected chi connectivity index (χ1v) is 41.3. The summed E-state index contributed by atoms with van der Waals surface area (Å²) < 4.78 is 68.4. The van der Waals surface area contributed by atoms with E-state index >= 15 is 0 Å². The van der Waals surface area contributed by atoms with Crippen molar-refractivity contribution in [3.63, 3.8) is 0 Å². The molecule has 5 atom stereocenters. The van der Waals surface area contributed by atoms with Gasteiger partial charge in [0.1, 0.15) is 19.3 Å². The van der Waals surface area contributed by atoms with Gasteiger partial charge in [-0.1, -0.05) is 310 Å². The van der Waals surface area contributed by atoms with Crippen LogP contribution < -0.4 is 0 Å². The molecule has 0 saturated carbocycles. The van der Waals surface area contributed by atoms with Crippen molar-refractivity contribution in [2.75, 3.05) is 39.6 Å². The number of ether oxygens (including phenoxy) is 4. The molecule has 554 valence electrons. The van der Waals surface area contributed by atoms with Crippen LogP contribution in [0.4, 0.5) is 0 Å². The molecular formula is C75H142O17P2. The summed E-state index contributed by atoms with van der Waals surface area (Å²) in [6.45, 7) is 9.51. The van der Waals surface area contributed by atoms with E-state index in [4.69, 9.17) is 37.0 Å². The fourth-order valence-corrected chi connectivity index (χ4v) is 12.5. The van der Waals surface area contributed by atoms with Crippen LogP contribution in [0.2, 0.25) is 0 Å². The van der Waals surface area contributed by atoms with Crippen LogP contribution in [0.5, 0.6) is 0 Å². The zero-order valence-corrected chi connectivity index (χ0v) is 62.5. The molecular weight excluding hydrogens is 1230 g/mol. The molecule has 0 bridgehead atoms. The normalized spacial score (nSPS) is 14.2. The highest BCUT2D eigenvalue weighted by atomic mass is 31.2. The molecule has 0 aromatic rings.